The first kappa shape index (κ1) is 22.1. The molecular weight excluding hydrogens is 394 g/mol. The van der Waals surface area contributed by atoms with Crippen LogP contribution in [-0.2, 0) is 11.3 Å². The average Bonchev–Trinajstić information content (AvgIpc) is 3.20. The van der Waals surface area contributed by atoms with Gasteiger partial charge in [0.25, 0.3) is 0 Å². The van der Waals surface area contributed by atoms with Crippen molar-refractivity contribution in [3.8, 4) is 17.1 Å². The lowest BCUT2D eigenvalue weighted by atomic mass is 9.96. The van der Waals surface area contributed by atoms with Gasteiger partial charge >= 0.3 is 6.61 Å². The number of carbonyl (C=O) groups is 1. The molecule has 0 radical (unpaired) electrons. The summed E-state index contributed by atoms with van der Waals surface area (Å²) in [6.45, 7) is 1.93. The number of piperidine rings is 1. The second-order valence-corrected chi connectivity index (χ2v) is 7.43. The fourth-order valence-corrected chi connectivity index (χ4v) is 3.55. The van der Waals surface area contributed by atoms with Gasteiger partial charge in [-0.3, -0.25) is 9.69 Å². The van der Waals surface area contributed by atoms with Crippen molar-refractivity contribution >= 4 is 5.91 Å². The number of alkyl halides is 2. The molecule has 2 aromatic rings. The van der Waals surface area contributed by atoms with Crippen LogP contribution in [0.5, 0.6) is 5.75 Å². The fraction of sp³-hybridized carbons (Fsp3) is 0.571. The lowest BCUT2D eigenvalue weighted by molar-refractivity contribution is -0.126. The summed E-state index contributed by atoms with van der Waals surface area (Å²) in [4.78, 5) is 18.7. The van der Waals surface area contributed by atoms with E-state index in [2.05, 4.69) is 32.0 Å². The molecule has 0 spiro atoms. The molecule has 1 aromatic carbocycles. The van der Waals surface area contributed by atoms with E-state index in [-0.39, 0.29) is 23.4 Å². The standard InChI is InChI=1S/C21H28F2N4O3/c1-2-3-6-11-24-20(28)15-9-12-27(13-10-15)14-18-25-19(26-30-18)16-7-4-5-8-17(16)29-21(22)23/h4-5,7-8,15,21H,2-3,6,9-14H2,1H3,(H,24,28). The van der Waals surface area contributed by atoms with Crippen LogP contribution < -0.4 is 10.1 Å². The predicted molar refractivity (Wildman–Crippen MR) is 107 cm³/mol. The van der Waals surface area contributed by atoms with Crippen LogP contribution in [0, 0.1) is 5.92 Å². The molecule has 164 valence electrons. The van der Waals surface area contributed by atoms with Crippen LogP contribution in [0.25, 0.3) is 11.4 Å². The van der Waals surface area contributed by atoms with E-state index in [1.807, 2.05) is 0 Å². The molecule has 2 heterocycles. The van der Waals surface area contributed by atoms with E-state index in [0.717, 1.165) is 51.7 Å². The van der Waals surface area contributed by atoms with Gasteiger partial charge < -0.3 is 14.6 Å². The monoisotopic (exact) mass is 422 g/mol. The summed E-state index contributed by atoms with van der Waals surface area (Å²) < 4.78 is 35.0. The summed E-state index contributed by atoms with van der Waals surface area (Å²) in [6, 6.07) is 6.35. The summed E-state index contributed by atoms with van der Waals surface area (Å²) in [5.41, 5.74) is 0.353. The number of likely N-dealkylation sites (tertiary alicyclic amines) is 1. The molecule has 1 aromatic heterocycles. The minimum absolute atomic E-state index is 0.00520. The highest BCUT2D eigenvalue weighted by molar-refractivity contribution is 5.78. The largest absolute Gasteiger partial charge is 0.434 e. The first-order valence-corrected chi connectivity index (χ1v) is 10.4. The third-order valence-electron chi connectivity index (χ3n) is 5.21. The van der Waals surface area contributed by atoms with Crippen molar-refractivity contribution in [3.63, 3.8) is 0 Å². The number of halogens is 2. The Hall–Kier alpha value is -2.55. The van der Waals surface area contributed by atoms with Gasteiger partial charge in [0.15, 0.2) is 0 Å². The highest BCUT2D eigenvalue weighted by atomic mass is 19.3. The number of nitrogens with zero attached hydrogens (tertiary/aromatic N) is 3. The van der Waals surface area contributed by atoms with Gasteiger partial charge in [-0.2, -0.15) is 13.8 Å². The second kappa shape index (κ2) is 11.0. The molecule has 1 saturated heterocycles. The van der Waals surface area contributed by atoms with Crippen molar-refractivity contribution in [3.05, 3.63) is 30.2 Å². The summed E-state index contributed by atoms with van der Waals surface area (Å²) in [6.07, 6.45) is 4.85. The number of nitrogens with one attached hydrogen (secondary N) is 1. The summed E-state index contributed by atoms with van der Waals surface area (Å²) in [5, 5.41) is 6.94. The Balaban J connectivity index is 1.50. The lowest BCUT2D eigenvalue weighted by Gasteiger charge is -2.30. The van der Waals surface area contributed by atoms with Crippen LogP contribution in [0.1, 0.15) is 44.9 Å². The fourth-order valence-electron chi connectivity index (χ4n) is 3.55. The Labute approximate surface area is 174 Å². The minimum atomic E-state index is -2.93. The molecule has 1 N–H and O–H groups in total. The van der Waals surface area contributed by atoms with Gasteiger partial charge in [0, 0.05) is 12.5 Å². The zero-order valence-electron chi connectivity index (χ0n) is 17.2. The molecule has 1 fully saturated rings. The van der Waals surface area contributed by atoms with E-state index in [9.17, 15) is 13.6 Å². The van der Waals surface area contributed by atoms with Crippen molar-refractivity contribution in [2.45, 2.75) is 52.2 Å². The minimum Gasteiger partial charge on any atom is -0.434 e. The molecule has 7 nitrogen and oxygen atoms in total. The number of hydrogen-bond acceptors (Lipinski definition) is 6. The first-order chi connectivity index (χ1) is 14.6. The number of ether oxygens (including phenoxy) is 1. The molecule has 0 atom stereocenters. The van der Waals surface area contributed by atoms with Crippen LogP contribution in [0.15, 0.2) is 28.8 Å². The van der Waals surface area contributed by atoms with Crippen LogP contribution in [0.2, 0.25) is 0 Å². The van der Waals surface area contributed by atoms with Crippen molar-refractivity contribution in [1.82, 2.24) is 20.4 Å². The smallest absolute Gasteiger partial charge is 0.387 e. The number of rotatable bonds is 10. The lowest BCUT2D eigenvalue weighted by Crippen LogP contribution is -2.40. The Bertz CT molecular complexity index is 807. The average molecular weight is 422 g/mol. The number of unbranched alkanes of at least 4 members (excludes halogenated alkanes) is 2. The maximum atomic E-state index is 12.6. The Morgan fingerprint density at radius 2 is 2.07 bits per heavy atom. The van der Waals surface area contributed by atoms with E-state index >= 15 is 0 Å². The van der Waals surface area contributed by atoms with E-state index in [4.69, 9.17) is 4.52 Å². The normalized spacial score (nSPS) is 15.5. The van der Waals surface area contributed by atoms with Gasteiger partial charge in [-0.25, -0.2) is 0 Å². The zero-order chi connectivity index (χ0) is 21.3. The van der Waals surface area contributed by atoms with Gasteiger partial charge in [-0.05, 0) is 44.5 Å². The molecule has 1 aliphatic rings. The Morgan fingerprint density at radius 3 is 2.80 bits per heavy atom. The maximum Gasteiger partial charge on any atom is 0.387 e. The number of hydrogen-bond donors (Lipinski definition) is 1. The van der Waals surface area contributed by atoms with Gasteiger partial charge in [-0.15, -0.1) is 0 Å². The highest BCUT2D eigenvalue weighted by Gasteiger charge is 2.26. The molecule has 30 heavy (non-hydrogen) atoms. The second-order valence-electron chi connectivity index (χ2n) is 7.43. The summed E-state index contributed by atoms with van der Waals surface area (Å²) in [7, 11) is 0. The molecule has 0 unspecified atom stereocenters. The zero-order valence-corrected chi connectivity index (χ0v) is 17.2. The third-order valence-corrected chi connectivity index (χ3v) is 5.21. The van der Waals surface area contributed by atoms with Crippen molar-refractivity contribution in [1.29, 1.82) is 0 Å². The maximum absolute atomic E-state index is 12.6. The van der Waals surface area contributed by atoms with Crippen LogP contribution in [-0.4, -0.2) is 47.2 Å². The van der Waals surface area contributed by atoms with E-state index in [1.54, 1.807) is 18.2 Å². The van der Waals surface area contributed by atoms with Crippen LogP contribution in [0.3, 0.4) is 0 Å². The molecule has 9 heteroatoms. The number of benzene rings is 1. The van der Waals surface area contributed by atoms with Crippen molar-refractivity contribution in [2.75, 3.05) is 19.6 Å². The van der Waals surface area contributed by atoms with Gasteiger partial charge in [-0.1, -0.05) is 37.1 Å². The van der Waals surface area contributed by atoms with Crippen molar-refractivity contribution < 1.29 is 22.8 Å². The summed E-state index contributed by atoms with van der Waals surface area (Å²) in [5.74, 6) is 0.800. The Morgan fingerprint density at radius 1 is 1.30 bits per heavy atom. The number of aromatic nitrogens is 2. The number of amides is 1. The highest BCUT2D eigenvalue weighted by Crippen LogP contribution is 2.29. The molecule has 3 rings (SSSR count). The molecular formula is C21H28F2N4O3. The van der Waals surface area contributed by atoms with E-state index < -0.39 is 6.61 Å². The topological polar surface area (TPSA) is 80.5 Å². The third kappa shape index (κ3) is 6.22. The predicted octanol–water partition coefficient (Wildman–Crippen LogP) is 3.86. The van der Waals surface area contributed by atoms with Crippen molar-refractivity contribution in [2.24, 2.45) is 5.92 Å². The SMILES string of the molecule is CCCCCNC(=O)C1CCN(Cc2nc(-c3ccccc3OC(F)F)no2)CC1. The van der Waals surface area contributed by atoms with Gasteiger partial charge in [0.2, 0.25) is 17.6 Å². The molecule has 1 amide bonds. The van der Waals surface area contributed by atoms with Crippen LogP contribution >= 0.6 is 0 Å². The summed E-state index contributed by atoms with van der Waals surface area (Å²) >= 11 is 0. The van der Waals surface area contributed by atoms with Gasteiger partial charge in [0.1, 0.15) is 5.75 Å². The quantitative estimate of drug-likeness (QED) is 0.586. The molecule has 1 aliphatic heterocycles. The van der Waals surface area contributed by atoms with Gasteiger partial charge in [0.05, 0.1) is 12.1 Å². The van der Waals surface area contributed by atoms with Crippen LogP contribution in [0.4, 0.5) is 8.78 Å². The number of para-hydroxylation sites is 1. The Kier molecular flexibility index (Phi) is 8.12. The van der Waals surface area contributed by atoms with E-state index in [1.165, 1.54) is 6.07 Å². The molecule has 0 aliphatic carbocycles. The first-order valence-electron chi connectivity index (χ1n) is 10.4. The molecule has 0 bridgehead atoms. The molecule has 0 saturated carbocycles. The van der Waals surface area contributed by atoms with E-state index in [0.29, 0.717) is 18.0 Å². The number of carbonyl (C=O) groups excluding carboxylic acids is 1.